The lowest BCUT2D eigenvalue weighted by molar-refractivity contribution is -0.122. The highest BCUT2D eigenvalue weighted by Crippen LogP contribution is 2.30. The van der Waals surface area contributed by atoms with Crippen LogP contribution in [0.1, 0.15) is 56.9 Å². The van der Waals surface area contributed by atoms with E-state index in [1.807, 2.05) is 6.07 Å². The first-order valence-corrected chi connectivity index (χ1v) is 7.65. The van der Waals surface area contributed by atoms with Crippen molar-refractivity contribution in [3.8, 4) is 0 Å². The second-order valence-electron chi connectivity index (χ2n) is 6.25. The molecule has 0 radical (unpaired) electrons. The number of carbonyl (C=O) groups is 1. The van der Waals surface area contributed by atoms with E-state index in [4.69, 9.17) is 10.2 Å². The summed E-state index contributed by atoms with van der Waals surface area (Å²) in [4.78, 5) is 12.2. The lowest BCUT2D eigenvalue weighted by Gasteiger charge is -2.24. The molecule has 4 heteroatoms. The quantitative estimate of drug-likeness (QED) is 0.840. The third kappa shape index (κ3) is 3.85. The molecule has 1 aliphatic carbocycles. The Morgan fingerprint density at radius 2 is 2.35 bits per heavy atom. The molecule has 0 aromatic carbocycles. The van der Waals surface area contributed by atoms with E-state index in [-0.39, 0.29) is 17.9 Å². The van der Waals surface area contributed by atoms with Gasteiger partial charge >= 0.3 is 0 Å². The molecule has 1 aromatic rings. The Bertz CT molecular complexity index is 439. The van der Waals surface area contributed by atoms with E-state index in [1.165, 1.54) is 0 Å². The maximum atomic E-state index is 12.2. The van der Waals surface area contributed by atoms with E-state index < -0.39 is 0 Å². The average Bonchev–Trinajstić information content (AvgIpc) is 2.86. The maximum Gasteiger partial charge on any atom is 0.220 e. The maximum absolute atomic E-state index is 12.2. The number of amides is 1. The summed E-state index contributed by atoms with van der Waals surface area (Å²) < 4.78 is 5.45. The molecule has 0 saturated carbocycles. The van der Waals surface area contributed by atoms with Crippen LogP contribution in [0.5, 0.6) is 0 Å². The Hall–Kier alpha value is -1.29. The lowest BCUT2D eigenvalue weighted by Crippen LogP contribution is -2.33. The smallest absolute Gasteiger partial charge is 0.220 e. The number of carbonyl (C=O) groups excluding carboxylic acids is 1. The van der Waals surface area contributed by atoms with Gasteiger partial charge in [0.1, 0.15) is 5.76 Å². The molecule has 0 spiro atoms. The summed E-state index contributed by atoms with van der Waals surface area (Å²) in [6.45, 7) is 4.91. The van der Waals surface area contributed by atoms with Gasteiger partial charge in [-0.25, -0.2) is 0 Å². The summed E-state index contributed by atoms with van der Waals surface area (Å²) in [6.07, 6.45) is 6.29. The molecule has 0 aliphatic heterocycles. The van der Waals surface area contributed by atoms with Gasteiger partial charge in [0.2, 0.25) is 5.91 Å². The third-order valence-corrected chi connectivity index (χ3v) is 4.00. The number of furan rings is 1. The van der Waals surface area contributed by atoms with Gasteiger partial charge in [-0.05, 0) is 43.7 Å². The van der Waals surface area contributed by atoms with Crippen LogP contribution < -0.4 is 11.1 Å². The molecule has 2 atom stereocenters. The molecule has 1 aromatic heterocycles. The fourth-order valence-electron chi connectivity index (χ4n) is 3.08. The molecule has 1 amide bonds. The number of hydrogen-bond donors (Lipinski definition) is 2. The summed E-state index contributed by atoms with van der Waals surface area (Å²) in [5.41, 5.74) is 6.92. The van der Waals surface area contributed by atoms with Crippen LogP contribution in [0.4, 0.5) is 0 Å². The number of nitrogens with one attached hydrogen (secondary N) is 1. The second kappa shape index (κ2) is 6.93. The van der Waals surface area contributed by atoms with Crippen molar-refractivity contribution in [2.75, 3.05) is 6.54 Å². The van der Waals surface area contributed by atoms with Gasteiger partial charge in [0.15, 0.2) is 0 Å². The van der Waals surface area contributed by atoms with Crippen molar-refractivity contribution in [1.82, 2.24) is 5.32 Å². The molecule has 4 nitrogen and oxygen atoms in total. The van der Waals surface area contributed by atoms with E-state index in [0.29, 0.717) is 18.9 Å². The van der Waals surface area contributed by atoms with E-state index >= 15 is 0 Å². The van der Waals surface area contributed by atoms with Crippen LogP contribution in [0.25, 0.3) is 0 Å². The van der Waals surface area contributed by atoms with Crippen molar-refractivity contribution in [3.05, 3.63) is 23.7 Å². The standard InChI is InChI=1S/C16H26N2O2/c1-11(2)8-12(10-17)9-16(19)18-14-4-3-5-15-13(14)6-7-20-15/h6-7,11-12,14H,3-5,8-10,17H2,1-2H3,(H,18,19)/t12-,14?/m0/s1. The molecular weight excluding hydrogens is 252 g/mol. The first kappa shape index (κ1) is 15.1. The summed E-state index contributed by atoms with van der Waals surface area (Å²) in [6, 6.07) is 2.09. The van der Waals surface area contributed by atoms with Crippen LogP contribution in [0.15, 0.2) is 16.7 Å². The summed E-state index contributed by atoms with van der Waals surface area (Å²) in [5, 5.41) is 3.14. The zero-order valence-corrected chi connectivity index (χ0v) is 12.5. The van der Waals surface area contributed by atoms with Crippen LogP contribution in [-0.4, -0.2) is 12.5 Å². The molecule has 0 saturated heterocycles. The predicted octanol–water partition coefficient (Wildman–Crippen LogP) is 2.78. The molecule has 112 valence electrons. The van der Waals surface area contributed by atoms with Crippen molar-refractivity contribution >= 4 is 5.91 Å². The van der Waals surface area contributed by atoms with Crippen molar-refractivity contribution in [2.24, 2.45) is 17.6 Å². The number of hydrogen-bond acceptors (Lipinski definition) is 3. The average molecular weight is 278 g/mol. The van der Waals surface area contributed by atoms with E-state index in [9.17, 15) is 4.79 Å². The Labute approximate surface area is 121 Å². The minimum atomic E-state index is 0.111. The van der Waals surface area contributed by atoms with Crippen LogP contribution >= 0.6 is 0 Å². The Morgan fingerprint density at radius 3 is 3.05 bits per heavy atom. The van der Waals surface area contributed by atoms with E-state index in [1.54, 1.807) is 6.26 Å². The molecule has 1 heterocycles. The van der Waals surface area contributed by atoms with E-state index in [2.05, 4.69) is 19.2 Å². The summed E-state index contributed by atoms with van der Waals surface area (Å²) in [7, 11) is 0. The first-order valence-electron chi connectivity index (χ1n) is 7.65. The Kier molecular flexibility index (Phi) is 5.24. The van der Waals surface area contributed by atoms with Gasteiger partial charge in [-0.3, -0.25) is 4.79 Å². The molecule has 0 fully saturated rings. The van der Waals surface area contributed by atoms with Crippen molar-refractivity contribution < 1.29 is 9.21 Å². The van der Waals surface area contributed by atoms with Crippen molar-refractivity contribution in [1.29, 1.82) is 0 Å². The SMILES string of the molecule is CC(C)C[C@H](CN)CC(=O)NC1CCCc2occc21. The van der Waals surface area contributed by atoms with Crippen molar-refractivity contribution in [3.63, 3.8) is 0 Å². The van der Waals surface area contributed by atoms with Crippen LogP contribution in [0.3, 0.4) is 0 Å². The number of fused-ring (bicyclic) bond motifs is 1. The van der Waals surface area contributed by atoms with E-state index in [0.717, 1.165) is 37.0 Å². The normalized spacial score (nSPS) is 19.7. The summed E-state index contributed by atoms with van der Waals surface area (Å²) >= 11 is 0. The van der Waals surface area contributed by atoms with Gasteiger partial charge < -0.3 is 15.5 Å². The molecule has 3 N–H and O–H groups in total. The molecule has 1 unspecified atom stereocenters. The fraction of sp³-hybridized carbons (Fsp3) is 0.688. The molecular formula is C16H26N2O2. The van der Waals surface area contributed by atoms with Crippen LogP contribution in [0, 0.1) is 11.8 Å². The highest BCUT2D eigenvalue weighted by atomic mass is 16.3. The van der Waals surface area contributed by atoms with Crippen LogP contribution in [-0.2, 0) is 11.2 Å². The van der Waals surface area contributed by atoms with Gasteiger partial charge in [0.05, 0.1) is 12.3 Å². The Balaban J connectivity index is 1.89. The highest BCUT2D eigenvalue weighted by molar-refractivity contribution is 5.76. The zero-order valence-electron chi connectivity index (χ0n) is 12.5. The Morgan fingerprint density at radius 1 is 1.55 bits per heavy atom. The third-order valence-electron chi connectivity index (χ3n) is 4.00. The fourth-order valence-corrected chi connectivity index (χ4v) is 3.08. The van der Waals surface area contributed by atoms with Gasteiger partial charge in [0.25, 0.3) is 0 Å². The number of aryl methyl sites for hydroxylation is 1. The second-order valence-corrected chi connectivity index (χ2v) is 6.25. The van der Waals surface area contributed by atoms with Gasteiger partial charge in [-0.1, -0.05) is 13.8 Å². The predicted molar refractivity (Wildman–Crippen MR) is 79.1 cm³/mol. The van der Waals surface area contributed by atoms with Gasteiger partial charge in [0, 0.05) is 18.4 Å². The van der Waals surface area contributed by atoms with Gasteiger partial charge in [-0.2, -0.15) is 0 Å². The van der Waals surface area contributed by atoms with Crippen molar-refractivity contribution in [2.45, 2.75) is 52.0 Å². The van der Waals surface area contributed by atoms with Crippen LogP contribution in [0.2, 0.25) is 0 Å². The number of nitrogens with two attached hydrogens (primary N) is 1. The summed E-state index contributed by atoms with van der Waals surface area (Å²) in [5.74, 6) is 1.99. The molecule has 0 bridgehead atoms. The zero-order chi connectivity index (χ0) is 14.5. The monoisotopic (exact) mass is 278 g/mol. The number of rotatable bonds is 6. The minimum Gasteiger partial charge on any atom is -0.469 e. The molecule has 1 aliphatic rings. The largest absolute Gasteiger partial charge is 0.469 e. The highest BCUT2D eigenvalue weighted by Gasteiger charge is 2.24. The first-order chi connectivity index (χ1) is 9.60. The molecule has 20 heavy (non-hydrogen) atoms. The van der Waals surface area contributed by atoms with Gasteiger partial charge in [-0.15, -0.1) is 0 Å². The molecule has 2 rings (SSSR count). The topological polar surface area (TPSA) is 68.3 Å². The lowest BCUT2D eigenvalue weighted by atomic mass is 9.91. The minimum absolute atomic E-state index is 0.111.